The highest BCUT2D eigenvalue weighted by atomic mass is 32.2. The summed E-state index contributed by atoms with van der Waals surface area (Å²) in [4.78, 5) is 0. The lowest BCUT2D eigenvalue weighted by molar-refractivity contribution is 0.169. The molecular weight excluding hydrogens is 264 g/mol. The summed E-state index contributed by atoms with van der Waals surface area (Å²) in [7, 11) is -3.33. The Morgan fingerprint density at radius 1 is 1.00 bits per heavy atom. The van der Waals surface area contributed by atoms with Crippen LogP contribution in [-0.4, -0.2) is 43.6 Å². The van der Waals surface area contributed by atoms with Crippen molar-refractivity contribution in [3.63, 3.8) is 0 Å². The fourth-order valence-electron chi connectivity index (χ4n) is 3.01. The van der Waals surface area contributed by atoms with E-state index >= 15 is 0 Å². The first kappa shape index (κ1) is 15.2. The maximum absolute atomic E-state index is 12.3. The molecule has 19 heavy (non-hydrogen) atoms. The van der Waals surface area contributed by atoms with Gasteiger partial charge in [-0.15, -0.1) is 0 Å². The van der Waals surface area contributed by atoms with Gasteiger partial charge >= 0.3 is 0 Å². The third kappa shape index (κ3) is 4.41. The van der Waals surface area contributed by atoms with Crippen LogP contribution in [0.25, 0.3) is 0 Å². The smallest absolute Gasteiger partial charge is 0.279 e. The highest BCUT2D eigenvalue weighted by molar-refractivity contribution is 7.87. The molecule has 1 saturated carbocycles. The number of nitrogens with one attached hydrogen (secondary N) is 1. The van der Waals surface area contributed by atoms with Crippen molar-refractivity contribution in [3.8, 4) is 0 Å². The summed E-state index contributed by atoms with van der Waals surface area (Å²) < 4.78 is 29.0. The maximum atomic E-state index is 12.3. The van der Waals surface area contributed by atoms with E-state index < -0.39 is 10.2 Å². The molecule has 2 rings (SSSR count). The molecule has 2 aliphatic rings. The summed E-state index contributed by atoms with van der Waals surface area (Å²) >= 11 is 0. The van der Waals surface area contributed by atoms with E-state index in [1.54, 1.807) is 4.31 Å². The monoisotopic (exact) mass is 290 g/mol. The molecule has 0 bridgehead atoms. The minimum Gasteiger partial charge on any atom is -0.396 e. The SMILES string of the molecule is O=S(=O)(NC1CCCCCC1)N1CCC(CO)CC1. The fourth-order valence-corrected chi connectivity index (χ4v) is 4.51. The second-order valence-corrected chi connectivity index (χ2v) is 7.54. The number of piperidine rings is 1. The number of aliphatic hydroxyl groups excluding tert-OH is 1. The third-order valence-corrected chi connectivity index (χ3v) is 6.02. The van der Waals surface area contributed by atoms with Crippen LogP contribution in [0.15, 0.2) is 0 Å². The second kappa shape index (κ2) is 7.02. The van der Waals surface area contributed by atoms with E-state index in [1.807, 2.05) is 0 Å². The zero-order chi connectivity index (χ0) is 13.7. The van der Waals surface area contributed by atoms with E-state index in [0.717, 1.165) is 38.5 Å². The average Bonchev–Trinajstić information content (AvgIpc) is 2.67. The van der Waals surface area contributed by atoms with E-state index in [9.17, 15) is 8.42 Å². The topological polar surface area (TPSA) is 69.6 Å². The lowest BCUT2D eigenvalue weighted by atomic mass is 10.00. The first-order valence-electron chi connectivity index (χ1n) is 7.50. The van der Waals surface area contributed by atoms with Crippen LogP contribution in [0.4, 0.5) is 0 Å². The molecule has 1 aliphatic carbocycles. The van der Waals surface area contributed by atoms with Gasteiger partial charge in [-0.3, -0.25) is 0 Å². The Balaban J connectivity index is 1.87. The molecule has 0 aromatic heterocycles. The summed E-state index contributed by atoms with van der Waals surface area (Å²) in [5, 5.41) is 9.09. The molecule has 0 unspecified atom stereocenters. The van der Waals surface area contributed by atoms with Crippen molar-refractivity contribution in [2.24, 2.45) is 5.92 Å². The van der Waals surface area contributed by atoms with E-state index in [-0.39, 0.29) is 18.6 Å². The van der Waals surface area contributed by atoms with Crippen molar-refractivity contribution in [2.45, 2.75) is 57.4 Å². The van der Waals surface area contributed by atoms with Crippen LogP contribution in [0.1, 0.15) is 51.4 Å². The van der Waals surface area contributed by atoms with Gasteiger partial charge in [0.15, 0.2) is 0 Å². The molecule has 1 heterocycles. The molecule has 0 aromatic rings. The lowest BCUT2D eigenvalue weighted by Gasteiger charge is -2.31. The van der Waals surface area contributed by atoms with Gasteiger partial charge in [-0.25, -0.2) is 0 Å². The Morgan fingerprint density at radius 3 is 2.11 bits per heavy atom. The Morgan fingerprint density at radius 2 is 1.58 bits per heavy atom. The Kier molecular flexibility index (Phi) is 5.62. The van der Waals surface area contributed by atoms with E-state index in [0.29, 0.717) is 13.1 Å². The molecule has 0 amide bonds. The highest BCUT2D eigenvalue weighted by Crippen LogP contribution is 2.21. The quantitative estimate of drug-likeness (QED) is 0.766. The number of nitrogens with zero attached hydrogens (tertiary/aromatic N) is 1. The van der Waals surface area contributed by atoms with Crippen LogP contribution in [0.3, 0.4) is 0 Å². The summed E-state index contributed by atoms with van der Waals surface area (Å²) in [6.07, 6.45) is 8.16. The summed E-state index contributed by atoms with van der Waals surface area (Å²) in [5.41, 5.74) is 0. The van der Waals surface area contributed by atoms with E-state index in [2.05, 4.69) is 4.72 Å². The lowest BCUT2D eigenvalue weighted by Crippen LogP contribution is -2.48. The van der Waals surface area contributed by atoms with Gasteiger partial charge in [0, 0.05) is 25.7 Å². The molecule has 1 saturated heterocycles. The van der Waals surface area contributed by atoms with Crippen LogP contribution in [0.5, 0.6) is 0 Å². The molecule has 0 aromatic carbocycles. The van der Waals surface area contributed by atoms with Gasteiger partial charge < -0.3 is 5.11 Å². The fraction of sp³-hybridized carbons (Fsp3) is 1.00. The van der Waals surface area contributed by atoms with Gasteiger partial charge in [0.1, 0.15) is 0 Å². The largest absolute Gasteiger partial charge is 0.396 e. The minimum absolute atomic E-state index is 0.114. The molecule has 6 heteroatoms. The van der Waals surface area contributed by atoms with E-state index in [4.69, 9.17) is 5.11 Å². The van der Waals surface area contributed by atoms with Gasteiger partial charge in [0.2, 0.25) is 0 Å². The van der Waals surface area contributed by atoms with Crippen LogP contribution in [0, 0.1) is 5.92 Å². The molecule has 0 radical (unpaired) electrons. The van der Waals surface area contributed by atoms with Crippen molar-refractivity contribution < 1.29 is 13.5 Å². The van der Waals surface area contributed by atoms with Crippen LogP contribution >= 0.6 is 0 Å². The van der Waals surface area contributed by atoms with Crippen molar-refractivity contribution >= 4 is 10.2 Å². The standard InChI is InChI=1S/C13H26N2O3S/c16-11-12-7-9-15(10-8-12)19(17,18)14-13-5-3-1-2-4-6-13/h12-14,16H,1-11H2. The van der Waals surface area contributed by atoms with Gasteiger partial charge in [-0.05, 0) is 31.6 Å². The molecule has 0 spiro atoms. The maximum Gasteiger partial charge on any atom is 0.279 e. The number of aliphatic hydroxyl groups is 1. The van der Waals surface area contributed by atoms with Crippen molar-refractivity contribution in [2.75, 3.05) is 19.7 Å². The highest BCUT2D eigenvalue weighted by Gasteiger charge is 2.29. The van der Waals surface area contributed by atoms with E-state index in [1.165, 1.54) is 12.8 Å². The third-order valence-electron chi connectivity index (χ3n) is 4.34. The minimum atomic E-state index is -3.33. The van der Waals surface area contributed by atoms with Gasteiger partial charge in [-0.1, -0.05) is 25.7 Å². The van der Waals surface area contributed by atoms with Crippen molar-refractivity contribution in [1.29, 1.82) is 0 Å². The Bertz CT molecular complexity index is 356. The average molecular weight is 290 g/mol. The molecule has 1 aliphatic heterocycles. The van der Waals surface area contributed by atoms with Crippen LogP contribution in [0.2, 0.25) is 0 Å². The summed E-state index contributed by atoms with van der Waals surface area (Å²) in [6, 6.07) is 0.114. The normalized spacial score (nSPS) is 25.3. The molecule has 5 nitrogen and oxygen atoms in total. The number of rotatable bonds is 4. The summed E-state index contributed by atoms with van der Waals surface area (Å²) in [5.74, 6) is 0.268. The van der Waals surface area contributed by atoms with Gasteiger partial charge in [0.05, 0.1) is 0 Å². The molecule has 2 N–H and O–H groups in total. The molecule has 2 fully saturated rings. The predicted molar refractivity (Wildman–Crippen MR) is 74.9 cm³/mol. The van der Waals surface area contributed by atoms with Crippen molar-refractivity contribution in [3.05, 3.63) is 0 Å². The first-order valence-corrected chi connectivity index (χ1v) is 8.94. The molecular formula is C13H26N2O3S. The number of hydrogen-bond acceptors (Lipinski definition) is 3. The zero-order valence-electron chi connectivity index (χ0n) is 11.6. The van der Waals surface area contributed by atoms with Gasteiger partial charge in [-0.2, -0.15) is 17.4 Å². The Labute approximate surface area is 116 Å². The summed E-state index contributed by atoms with van der Waals surface area (Å²) in [6.45, 7) is 1.24. The molecule has 0 atom stereocenters. The van der Waals surface area contributed by atoms with Crippen LogP contribution < -0.4 is 4.72 Å². The van der Waals surface area contributed by atoms with Gasteiger partial charge in [0.25, 0.3) is 10.2 Å². The predicted octanol–water partition coefficient (Wildman–Crippen LogP) is 1.25. The Hall–Kier alpha value is -0.170. The first-order chi connectivity index (χ1) is 9.12. The zero-order valence-corrected chi connectivity index (χ0v) is 12.4. The van der Waals surface area contributed by atoms with Crippen LogP contribution in [-0.2, 0) is 10.2 Å². The second-order valence-electron chi connectivity index (χ2n) is 5.84. The van der Waals surface area contributed by atoms with Crippen molar-refractivity contribution in [1.82, 2.24) is 9.03 Å². The number of hydrogen-bond donors (Lipinski definition) is 2. The molecule has 112 valence electrons.